The van der Waals surface area contributed by atoms with Crippen LogP contribution in [0.2, 0.25) is 5.54 Å². The van der Waals surface area contributed by atoms with Crippen LogP contribution in [0.4, 0.5) is 0 Å². The van der Waals surface area contributed by atoms with Gasteiger partial charge in [-0.25, -0.2) is 0 Å². The van der Waals surface area contributed by atoms with E-state index in [1.807, 2.05) is 0 Å². The van der Waals surface area contributed by atoms with Crippen LogP contribution < -0.4 is 0 Å². The average Bonchev–Trinajstić information content (AvgIpc) is 1.62. The molecule has 0 aromatic carbocycles. The van der Waals surface area contributed by atoms with E-state index in [1.165, 1.54) is 6.42 Å². The van der Waals surface area contributed by atoms with Gasteiger partial charge >= 0.3 is 9.28 Å². The fourth-order valence-electron chi connectivity index (χ4n) is 0.668. The van der Waals surface area contributed by atoms with Crippen molar-refractivity contribution in [2.45, 2.75) is 25.8 Å². The highest BCUT2D eigenvalue weighted by molar-refractivity contribution is 6.65. The Morgan fingerprint density at radius 2 is 2.25 bits per heavy atom. The zero-order chi connectivity index (χ0) is 5.98. The summed E-state index contributed by atoms with van der Waals surface area (Å²) in [5.41, 5.74) is 0.733. The molecule has 1 saturated heterocycles. The molecule has 1 atom stereocenters. The summed E-state index contributed by atoms with van der Waals surface area (Å²) in [4.78, 5) is 0. The highest BCUT2D eigenvalue weighted by atomic mass is 28.4. The maximum Gasteiger partial charge on any atom is 0.305 e. The molecule has 1 fully saturated rings. The van der Waals surface area contributed by atoms with Gasteiger partial charge in [0.15, 0.2) is 0 Å². The van der Waals surface area contributed by atoms with E-state index in [0.29, 0.717) is 0 Å². The lowest BCUT2D eigenvalue weighted by molar-refractivity contribution is 0.297. The Morgan fingerprint density at radius 1 is 1.62 bits per heavy atom. The number of hydrogen-bond acceptors (Lipinski definition) is 2. The minimum Gasteiger partial charge on any atom is -0.422 e. The summed E-state index contributed by atoms with van der Waals surface area (Å²) in [5, 5.41) is 0. The molecule has 0 bridgehead atoms. The first kappa shape index (κ1) is 6.47. The molecule has 0 aromatic rings. The van der Waals surface area contributed by atoms with Crippen molar-refractivity contribution in [3.8, 4) is 0 Å². The summed E-state index contributed by atoms with van der Waals surface area (Å²) < 4.78 is 10.7. The molecule has 2 nitrogen and oxygen atoms in total. The molecule has 1 aliphatic heterocycles. The summed E-state index contributed by atoms with van der Waals surface area (Å²) in [6, 6.07) is 0. The molecule has 1 unspecified atom stereocenters. The average molecular weight is 148 g/mol. The van der Waals surface area contributed by atoms with E-state index in [0.717, 1.165) is 5.54 Å². The van der Waals surface area contributed by atoms with Gasteiger partial charge in [0.05, 0.1) is 0 Å². The topological polar surface area (TPSA) is 18.5 Å². The molecular weight excluding hydrogens is 136 g/mol. The van der Waals surface area contributed by atoms with Gasteiger partial charge in [-0.15, -0.1) is 0 Å². The van der Waals surface area contributed by atoms with Gasteiger partial charge in [0.2, 0.25) is 0 Å². The molecule has 8 heavy (non-hydrogen) atoms. The quantitative estimate of drug-likeness (QED) is 0.515. The van der Waals surface area contributed by atoms with Crippen molar-refractivity contribution in [2.24, 2.45) is 0 Å². The maximum absolute atomic E-state index is 5.34. The Kier molecular flexibility index (Phi) is 2.24. The first-order chi connectivity index (χ1) is 3.84. The van der Waals surface area contributed by atoms with E-state index in [-0.39, 0.29) is 0 Å². The van der Waals surface area contributed by atoms with Gasteiger partial charge < -0.3 is 8.23 Å². The van der Waals surface area contributed by atoms with Gasteiger partial charge in [-0.05, 0) is 5.54 Å². The van der Waals surface area contributed by atoms with Crippen LogP contribution in [-0.4, -0.2) is 19.3 Å². The zero-order valence-electron chi connectivity index (χ0n) is 5.39. The van der Waals surface area contributed by atoms with Crippen LogP contribution in [0.1, 0.15) is 20.3 Å². The van der Waals surface area contributed by atoms with Crippen molar-refractivity contribution in [2.75, 3.05) is 0 Å². The van der Waals surface area contributed by atoms with Gasteiger partial charge in [-0.3, -0.25) is 0 Å². The summed E-state index contributed by atoms with van der Waals surface area (Å²) in [5.74, 6) is 0. The van der Waals surface area contributed by atoms with Gasteiger partial charge in [0.25, 0.3) is 10.0 Å². The number of hydrogen-bond donors (Lipinski definition) is 0. The second-order valence-electron chi connectivity index (χ2n) is 2.21. The van der Waals surface area contributed by atoms with E-state index < -0.39 is 19.3 Å². The Hall–Kier alpha value is 0.354. The van der Waals surface area contributed by atoms with E-state index in [9.17, 15) is 0 Å². The zero-order valence-corrected chi connectivity index (χ0v) is 7.95. The van der Waals surface area contributed by atoms with Crippen molar-refractivity contribution in [3.63, 3.8) is 0 Å². The predicted molar refractivity (Wildman–Crippen MR) is 37.6 cm³/mol. The molecule has 1 aliphatic rings. The third kappa shape index (κ3) is 1.19. The van der Waals surface area contributed by atoms with Crippen molar-refractivity contribution in [1.29, 1.82) is 0 Å². The molecule has 0 amide bonds. The molecule has 1 rings (SSSR count). The minimum atomic E-state index is -1.03. The molecule has 48 valence electrons. The highest BCUT2D eigenvalue weighted by Gasteiger charge is 2.27. The molecule has 4 heteroatoms. The molecule has 0 radical (unpaired) electrons. The smallest absolute Gasteiger partial charge is 0.305 e. The van der Waals surface area contributed by atoms with E-state index >= 15 is 0 Å². The fraction of sp³-hybridized carbons (Fsp3) is 1.00. The molecule has 0 aromatic heterocycles. The van der Waals surface area contributed by atoms with Crippen LogP contribution in [0.5, 0.6) is 0 Å². The van der Waals surface area contributed by atoms with E-state index in [1.54, 1.807) is 0 Å². The minimum absolute atomic E-state index is 0.433. The normalized spacial score (nSPS) is 34.5. The third-order valence-electron chi connectivity index (χ3n) is 1.57. The lowest BCUT2D eigenvalue weighted by atomic mass is 10.4. The first-order valence-corrected chi connectivity index (χ1v) is 5.84. The molecule has 0 spiro atoms. The van der Waals surface area contributed by atoms with Gasteiger partial charge in [0.1, 0.15) is 0 Å². The Labute approximate surface area is 54.1 Å². The largest absolute Gasteiger partial charge is 0.422 e. The molecular formula is C4H12O2Si2. The van der Waals surface area contributed by atoms with Crippen LogP contribution in [-0.2, 0) is 8.23 Å². The van der Waals surface area contributed by atoms with Crippen molar-refractivity contribution in [3.05, 3.63) is 0 Å². The lowest BCUT2D eigenvalue weighted by Crippen LogP contribution is -2.41. The second-order valence-corrected chi connectivity index (χ2v) is 6.98. The Morgan fingerprint density at radius 3 is 2.38 bits per heavy atom. The molecule has 0 aliphatic carbocycles. The lowest BCUT2D eigenvalue weighted by Gasteiger charge is -2.29. The van der Waals surface area contributed by atoms with Crippen molar-refractivity contribution < 1.29 is 8.23 Å². The molecule has 1 heterocycles. The standard InChI is InChI=1S/C4H12O2Si2/c1-3-4(2)8-5-7-6-8/h4,8H,3,7H2,1-2H3. The Balaban J connectivity index is 2.13. The summed E-state index contributed by atoms with van der Waals surface area (Å²) in [6.07, 6.45) is 1.21. The van der Waals surface area contributed by atoms with E-state index in [2.05, 4.69) is 13.8 Å². The highest BCUT2D eigenvalue weighted by Crippen LogP contribution is 2.19. The van der Waals surface area contributed by atoms with Crippen molar-refractivity contribution >= 4 is 19.3 Å². The molecule has 0 N–H and O–H groups in total. The summed E-state index contributed by atoms with van der Waals surface area (Å²) in [7, 11) is -1.47. The first-order valence-electron chi connectivity index (χ1n) is 3.07. The monoisotopic (exact) mass is 148 g/mol. The van der Waals surface area contributed by atoms with Crippen LogP contribution in [0.25, 0.3) is 0 Å². The summed E-state index contributed by atoms with van der Waals surface area (Å²) in [6.45, 7) is 4.40. The maximum atomic E-state index is 5.34. The van der Waals surface area contributed by atoms with Crippen molar-refractivity contribution in [1.82, 2.24) is 0 Å². The van der Waals surface area contributed by atoms with Gasteiger partial charge in [-0.2, -0.15) is 0 Å². The number of rotatable bonds is 2. The SMILES string of the molecule is CCC(C)[SiH]1O[SiH2]O1. The van der Waals surface area contributed by atoms with Crippen LogP contribution >= 0.6 is 0 Å². The second kappa shape index (κ2) is 2.77. The van der Waals surface area contributed by atoms with Crippen LogP contribution in [0, 0.1) is 0 Å². The van der Waals surface area contributed by atoms with Gasteiger partial charge in [0, 0.05) is 0 Å². The molecule has 0 saturated carbocycles. The van der Waals surface area contributed by atoms with E-state index in [4.69, 9.17) is 8.23 Å². The van der Waals surface area contributed by atoms with Crippen LogP contribution in [0.15, 0.2) is 0 Å². The third-order valence-corrected chi connectivity index (χ3v) is 6.69. The Bertz CT molecular complexity index is 71.7. The fourth-order valence-corrected chi connectivity index (χ4v) is 4.85. The summed E-state index contributed by atoms with van der Waals surface area (Å²) >= 11 is 0. The predicted octanol–water partition coefficient (Wildman–Crippen LogP) is 0.0526. The van der Waals surface area contributed by atoms with Crippen LogP contribution in [0.3, 0.4) is 0 Å². The van der Waals surface area contributed by atoms with Gasteiger partial charge in [-0.1, -0.05) is 20.3 Å².